The van der Waals surface area contributed by atoms with E-state index in [2.05, 4.69) is 10.6 Å². The van der Waals surface area contributed by atoms with Gasteiger partial charge in [-0.3, -0.25) is 4.79 Å². The molecule has 1 unspecified atom stereocenters. The average Bonchev–Trinajstić information content (AvgIpc) is 2.12. The van der Waals surface area contributed by atoms with Crippen LogP contribution in [-0.4, -0.2) is 31.1 Å². The van der Waals surface area contributed by atoms with Gasteiger partial charge in [-0.2, -0.15) is 0 Å². The van der Waals surface area contributed by atoms with Gasteiger partial charge in [-0.15, -0.1) is 0 Å². The second kappa shape index (κ2) is 7.76. The molecular weight excluding hydrogens is 178 g/mol. The average molecular weight is 201 g/mol. The van der Waals surface area contributed by atoms with Crippen molar-refractivity contribution >= 4 is 5.91 Å². The first-order valence-corrected chi connectivity index (χ1v) is 5.33. The normalized spacial score (nSPS) is 12.9. The van der Waals surface area contributed by atoms with Crippen molar-refractivity contribution in [2.75, 3.05) is 13.1 Å². The molecule has 0 aromatic heterocycles. The summed E-state index contributed by atoms with van der Waals surface area (Å²) >= 11 is 0. The van der Waals surface area contributed by atoms with E-state index in [0.717, 1.165) is 13.0 Å². The molecule has 0 aliphatic carbocycles. The lowest BCUT2D eigenvalue weighted by atomic mass is 10.1. The molecule has 0 aromatic rings. The smallest absolute Gasteiger partial charge is 0.221 e. The highest BCUT2D eigenvalue weighted by Gasteiger charge is 2.12. The largest absolute Gasteiger partial charge is 0.356 e. The summed E-state index contributed by atoms with van der Waals surface area (Å²) < 4.78 is 0. The van der Waals surface area contributed by atoms with Crippen LogP contribution in [-0.2, 0) is 4.79 Å². The van der Waals surface area contributed by atoms with Crippen molar-refractivity contribution in [3.63, 3.8) is 0 Å². The van der Waals surface area contributed by atoms with E-state index >= 15 is 0 Å². The lowest BCUT2D eigenvalue weighted by molar-refractivity contribution is -0.121. The van der Waals surface area contributed by atoms with Crippen LogP contribution in [0.4, 0.5) is 0 Å². The molecule has 0 aromatic carbocycles. The van der Waals surface area contributed by atoms with Crippen LogP contribution >= 0.6 is 0 Å². The fraction of sp³-hybridized carbons (Fsp3) is 0.900. The minimum Gasteiger partial charge on any atom is -0.356 e. The molecule has 0 saturated carbocycles. The SMILES string of the molecule is CCCNC(=O)CC(CN)NC(C)C. The van der Waals surface area contributed by atoms with Crippen molar-refractivity contribution in [1.29, 1.82) is 0 Å². The molecule has 0 rings (SSSR count). The Morgan fingerprint density at radius 1 is 1.43 bits per heavy atom. The van der Waals surface area contributed by atoms with Crippen LogP contribution in [0.3, 0.4) is 0 Å². The topological polar surface area (TPSA) is 67.2 Å². The first kappa shape index (κ1) is 13.4. The van der Waals surface area contributed by atoms with Gasteiger partial charge in [0.1, 0.15) is 0 Å². The van der Waals surface area contributed by atoms with Gasteiger partial charge in [-0.05, 0) is 6.42 Å². The molecule has 0 saturated heterocycles. The standard InChI is InChI=1S/C10H23N3O/c1-4-5-12-10(14)6-9(7-11)13-8(2)3/h8-9,13H,4-7,11H2,1-3H3,(H,12,14). The fourth-order valence-corrected chi connectivity index (χ4v) is 1.24. The van der Waals surface area contributed by atoms with Crippen molar-refractivity contribution in [3.05, 3.63) is 0 Å². The minimum atomic E-state index is 0.0791. The zero-order valence-corrected chi connectivity index (χ0v) is 9.47. The molecule has 0 fully saturated rings. The Morgan fingerprint density at radius 3 is 2.50 bits per heavy atom. The summed E-state index contributed by atoms with van der Waals surface area (Å²) in [6.07, 6.45) is 1.44. The minimum absolute atomic E-state index is 0.0791. The lowest BCUT2D eigenvalue weighted by Gasteiger charge is -2.18. The summed E-state index contributed by atoms with van der Waals surface area (Å²) in [6.45, 7) is 7.38. The molecule has 4 nitrogen and oxygen atoms in total. The third-order valence-corrected chi connectivity index (χ3v) is 1.86. The third-order valence-electron chi connectivity index (χ3n) is 1.86. The highest BCUT2D eigenvalue weighted by molar-refractivity contribution is 5.76. The van der Waals surface area contributed by atoms with E-state index in [1.165, 1.54) is 0 Å². The van der Waals surface area contributed by atoms with Crippen LogP contribution in [0.5, 0.6) is 0 Å². The van der Waals surface area contributed by atoms with E-state index in [-0.39, 0.29) is 11.9 Å². The number of carbonyl (C=O) groups is 1. The molecule has 0 radical (unpaired) electrons. The Hall–Kier alpha value is -0.610. The predicted octanol–water partition coefficient (Wildman–Crippen LogP) is 0.228. The molecule has 0 spiro atoms. The molecule has 4 N–H and O–H groups in total. The van der Waals surface area contributed by atoms with Crippen molar-refractivity contribution in [3.8, 4) is 0 Å². The number of amides is 1. The molecule has 1 amide bonds. The number of hydrogen-bond acceptors (Lipinski definition) is 3. The van der Waals surface area contributed by atoms with Gasteiger partial charge in [0, 0.05) is 31.6 Å². The number of nitrogens with one attached hydrogen (secondary N) is 2. The predicted molar refractivity (Wildman–Crippen MR) is 59.0 cm³/mol. The maximum Gasteiger partial charge on any atom is 0.221 e. The van der Waals surface area contributed by atoms with E-state index < -0.39 is 0 Å². The Morgan fingerprint density at radius 2 is 2.07 bits per heavy atom. The van der Waals surface area contributed by atoms with E-state index in [1.54, 1.807) is 0 Å². The summed E-state index contributed by atoms with van der Waals surface area (Å²) in [5.41, 5.74) is 5.56. The quantitative estimate of drug-likeness (QED) is 0.552. The van der Waals surface area contributed by atoms with Crippen molar-refractivity contribution in [2.24, 2.45) is 5.73 Å². The number of rotatable bonds is 7. The molecule has 0 aliphatic rings. The fourth-order valence-electron chi connectivity index (χ4n) is 1.24. The van der Waals surface area contributed by atoms with Crippen molar-refractivity contribution < 1.29 is 4.79 Å². The number of nitrogens with two attached hydrogens (primary N) is 1. The molecule has 0 heterocycles. The van der Waals surface area contributed by atoms with E-state index in [1.807, 2.05) is 20.8 Å². The van der Waals surface area contributed by atoms with Crippen LogP contribution in [0.15, 0.2) is 0 Å². The second-order valence-corrected chi connectivity index (χ2v) is 3.81. The van der Waals surface area contributed by atoms with Crippen LogP contribution in [0.25, 0.3) is 0 Å². The van der Waals surface area contributed by atoms with Crippen LogP contribution in [0, 0.1) is 0 Å². The van der Waals surface area contributed by atoms with E-state index in [4.69, 9.17) is 5.73 Å². The zero-order valence-electron chi connectivity index (χ0n) is 9.47. The maximum absolute atomic E-state index is 11.3. The zero-order chi connectivity index (χ0) is 11.0. The Labute approximate surface area is 86.6 Å². The van der Waals surface area contributed by atoms with Crippen molar-refractivity contribution in [2.45, 2.75) is 45.7 Å². The highest BCUT2D eigenvalue weighted by atomic mass is 16.1. The van der Waals surface area contributed by atoms with Crippen LogP contribution in [0.2, 0.25) is 0 Å². The van der Waals surface area contributed by atoms with Gasteiger partial charge < -0.3 is 16.4 Å². The molecular formula is C10H23N3O. The molecule has 4 heteroatoms. The Kier molecular flexibility index (Phi) is 7.42. The van der Waals surface area contributed by atoms with E-state index in [0.29, 0.717) is 19.0 Å². The number of carbonyl (C=O) groups excluding carboxylic acids is 1. The second-order valence-electron chi connectivity index (χ2n) is 3.81. The molecule has 14 heavy (non-hydrogen) atoms. The summed E-state index contributed by atoms with van der Waals surface area (Å²) in [5.74, 6) is 0.0791. The Balaban J connectivity index is 3.74. The van der Waals surface area contributed by atoms with Gasteiger partial charge in [-0.25, -0.2) is 0 Å². The first-order chi connectivity index (χ1) is 6.60. The molecule has 0 aliphatic heterocycles. The number of hydrogen-bond donors (Lipinski definition) is 3. The first-order valence-electron chi connectivity index (χ1n) is 5.33. The van der Waals surface area contributed by atoms with Gasteiger partial charge in [0.25, 0.3) is 0 Å². The maximum atomic E-state index is 11.3. The highest BCUT2D eigenvalue weighted by Crippen LogP contribution is 1.92. The van der Waals surface area contributed by atoms with Gasteiger partial charge >= 0.3 is 0 Å². The Bertz CT molecular complexity index is 159. The molecule has 1 atom stereocenters. The van der Waals surface area contributed by atoms with Gasteiger partial charge in [0.15, 0.2) is 0 Å². The third kappa shape index (κ3) is 6.86. The van der Waals surface area contributed by atoms with Gasteiger partial charge in [0.05, 0.1) is 0 Å². The van der Waals surface area contributed by atoms with Gasteiger partial charge in [-0.1, -0.05) is 20.8 Å². The summed E-state index contributed by atoms with van der Waals surface area (Å²) in [6, 6.07) is 0.453. The summed E-state index contributed by atoms with van der Waals surface area (Å²) in [7, 11) is 0. The van der Waals surface area contributed by atoms with Crippen molar-refractivity contribution in [1.82, 2.24) is 10.6 Å². The van der Waals surface area contributed by atoms with Crippen LogP contribution < -0.4 is 16.4 Å². The van der Waals surface area contributed by atoms with E-state index in [9.17, 15) is 4.79 Å². The van der Waals surface area contributed by atoms with Crippen LogP contribution in [0.1, 0.15) is 33.6 Å². The summed E-state index contributed by atoms with van der Waals surface area (Å²) in [5, 5.41) is 6.09. The summed E-state index contributed by atoms with van der Waals surface area (Å²) in [4.78, 5) is 11.3. The van der Waals surface area contributed by atoms with Gasteiger partial charge in [0.2, 0.25) is 5.91 Å². The molecule has 84 valence electrons. The lowest BCUT2D eigenvalue weighted by Crippen LogP contribution is -2.43. The molecule has 0 bridgehead atoms. The monoisotopic (exact) mass is 201 g/mol.